The zero-order chi connectivity index (χ0) is 8.97. The maximum Gasteiger partial charge on any atom is 0.0285 e. The van der Waals surface area contributed by atoms with Gasteiger partial charge < -0.3 is 0 Å². The van der Waals surface area contributed by atoms with Crippen LogP contribution in [0.4, 0.5) is 0 Å². The van der Waals surface area contributed by atoms with Gasteiger partial charge in [0, 0.05) is 25.7 Å². The number of rotatable bonds is 0. The first-order valence-electron chi connectivity index (χ1n) is 5.10. The van der Waals surface area contributed by atoms with Gasteiger partial charge in [-0.05, 0) is 19.4 Å². The lowest BCUT2D eigenvalue weighted by atomic mass is 10.2. The molecule has 0 saturated carbocycles. The molecule has 0 aromatic heterocycles. The Morgan fingerprint density at radius 1 is 1.17 bits per heavy atom. The van der Waals surface area contributed by atoms with E-state index in [1.165, 1.54) is 25.9 Å². The average molecular weight is 171 g/mol. The second-order valence-electron chi connectivity index (χ2n) is 3.33. The quantitative estimate of drug-likeness (QED) is 0.544. The van der Waals surface area contributed by atoms with Gasteiger partial charge in [-0.3, -0.25) is 10.7 Å². The molecule has 12 heavy (non-hydrogen) atoms. The van der Waals surface area contributed by atoms with E-state index in [1.54, 1.807) is 0 Å². The van der Waals surface area contributed by atoms with E-state index in [2.05, 4.69) is 4.90 Å². The van der Waals surface area contributed by atoms with Crippen molar-refractivity contribution in [2.75, 3.05) is 26.2 Å². The Bertz CT molecular complexity index is 127. The fourth-order valence-electron chi connectivity index (χ4n) is 2.02. The Kier molecular flexibility index (Phi) is 3.98. The SMILES string of the molecule is CC.NN1CCN2CCCC2C1. The number of piperazine rings is 1. The predicted molar refractivity (Wildman–Crippen MR) is 51.7 cm³/mol. The van der Waals surface area contributed by atoms with Gasteiger partial charge >= 0.3 is 0 Å². The van der Waals surface area contributed by atoms with Crippen LogP contribution in [-0.2, 0) is 0 Å². The lowest BCUT2D eigenvalue weighted by Gasteiger charge is -2.34. The summed E-state index contributed by atoms with van der Waals surface area (Å²) in [6.45, 7) is 8.62. The monoisotopic (exact) mass is 171 g/mol. The molecule has 0 aliphatic carbocycles. The summed E-state index contributed by atoms with van der Waals surface area (Å²) < 4.78 is 0. The fraction of sp³-hybridized carbons (Fsp3) is 1.00. The Hall–Kier alpha value is -0.120. The van der Waals surface area contributed by atoms with Crippen LogP contribution in [0.15, 0.2) is 0 Å². The first-order valence-corrected chi connectivity index (χ1v) is 5.10. The molecule has 0 aromatic carbocycles. The van der Waals surface area contributed by atoms with Crippen molar-refractivity contribution < 1.29 is 0 Å². The van der Waals surface area contributed by atoms with Crippen LogP contribution in [0.25, 0.3) is 0 Å². The van der Waals surface area contributed by atoms with Crippen LogP contribution in [0.1, 0.15) is 26.7 Å². The Labute approximate surface area is 75.5 Å². The van der Waals surface area contributed by atoms with E-state index in [9.17, 15) is 0 Å². The van der Waals surface area contributed by atoms with Gasteiger partial charge in [0.2, 0.25) is 0 Å². The summed E-state index contributed by atoms with van der Waals surface area (Å²) in [5.41, 5.74) is 0. The first kappa shape index (κ1) is 9.96. The smallest absolute Gasteiger partial charge is 0.0285 e. The van der Waals surface area contributed by atoms with Gasteiger partial charge in [-0.2, -0.15) is 0 Å². The largest absolute Gasteiger partial charge is 0.298 e. The van der Waals surface area contributed by atoms with Crippen LogP contribution in [0.2, 0.25) is 0 Å². The summed E-state index contributed by atoms with van der Waals surface area (Å²) >= 11 is 0. The normalized spacial score (nSPS) is 30.8. The van der Waals surface area contributed by atoms with Gasteiger partial charge in [0.1, 0.15) is 0 Å². The van der Waals surface area contributed by atoms with Crippen molar-refractivity contribution in [1.29, 1.82) is 0 Å². The number of hydrogen-bond donors (Lipinski definition) is 1. The molecule has 3 nitrogen and oxygen atoms in total. The lowest BCUT2D eigenvalue weighted by Crippen LogP contribution is -2.52. The van der Waals surface area contributed by atoms with Crippen LogP contribution < -0.4 is 5.84 Å². The minimum absolute atomic E-state index is 0.777. The third-order valence-electron chi connectivity index (χ3n) is 2.62. The average Bonchev–Trinajstić information content (AvgIpc) is 2.54. The van der Waals surface area contributed by atoms with Crippen molar-refractivity contribution in [1.82, 2.24) is 9.91 Å². The van der Waals surface area contributed by atoms with Gasteiger partial charge in [-0.25, -0.2) is 5.01 Å². The van der Waals surface area contributed by atoms with E-state index in [0.717, 1.165) is 19.1 Å². The molecule has 0 radical (unpaired) electrons. The minimum atomic E-state index is 0.777. The fourth-order valence-corrected chi connectivity index (χ4v) is 2.02. The minimum Gasteiger partial charge on any atom is -0.298 e. The molecule has 1 atom stereocenters. The Morgan fingerprint density at radius 3 is 2.67 bits per heavy atom. The van der Waals surface area contributed by atoms with Crippen LogP contribution in [0.5, 0.6) is 0 Å². The topological polar surface area (TPSA) is 32.5 Å². The van der Waals surface area contributed by atoms with Crippen LogP contribution >= 0.6 is 0 Å². The van der Waals surface area contributed by atoms with E-state index in [1.807, 2.05) is 18.9 Å². The second-order valence-corrected chi connectivity index (χ2v) is 3.33. The first-order chi connectivity index (χ1) is 5.86. The van der Waals surface area contributed by atoms with Crippen molar-refractivity contribution in [2.24, 2.45) is 5.84 Å². The third kappa shape index (κ3) is 2.19. The number of hydrogen-bond acceptors (Lipinski definition) is 3. The molecular formula is C9H21N3. The summed E-state index contributed by atoms with van der Waals surface area (Å²) in [6.07, 6.45) is 2.73. The molecule has 0 amide bonds. The predicted octanol–water partition coefficient (Wildman–Crippen LogP) is 0.666. The summed E-state index contributed by atoms with van der Waals surface area (Å²) in [4.78, 5) is 2.56. The van der Waals surface area contributed by atoms with E-state index in [-0.39, 0.29) is 0 Å². The number of hydrazine groups is 1. The summed E-state index contributed by atoms with van der Waals surface area (Å²) in [6, 6.07) is 0.777. The molecular weight excluding hydrogens is 150 g/mol. The van der Waals surface area contributed by atoms with Gasteiger partial charge in [0.05, 0.1) is 0 Å². The van der Waals surface area contributed by atoms with Crippen molar-refractivity contribution in [3.63, 3.8) is 0 Å². The standard InChI is InChI=1S/C7H15N3.C2H6/c8-10-5-4-9-3-1-2-7(9)6-10;1-2/h7H,1-6,8H2;1-2H3. The molecule has 2 saturated heterocycles. The van der Waals surface area contributed by atoms with E-state index in [0.29, 0.717) is 0 Å². The highest BCUT2D eigenvalue weighted by atomic mass is 15.4. The maximum atomic E-state index is 5.70. The van der Waals surface area contributed by atoms with Gasteiger partial charge in [0.15, 0.2) is 0 Å². The second kappa shape index (κ2) is 4.80. The van der Waals surface area contributed by atoms with E-state index >= 15 is 0 Å². The molecule has 2 aliphatic heterocycles. The molecule has 2 heterocycles. The zero-order valence-electron chi connectivity index (χ0n) is 8.29. The highest BCUT2D eigenvalue weighted by Crippen LogP contribution is 2.19. The number of fused-ring (bicyclic) bond motifs is 1. The molecule has 72 valence electrons. The van der Waals surface area contributed by atoms with Crippen molar-refractivity contribution in [3.05, 3.63) is 0 Å². The molecule has 3 heteroatoms. The van der Waals surface area contributed by atoms with E-state index in [4.69, 9.17) is 5.84 Å². The molecule has 0 bridgehead atoms. The molecule has 0 aromatic rings. The molecule has 0 spiro atoms. The van der Waals surface area contributed by atoms with Crippen LogP contribution in [-0.4, -0.2) is 42.1 Å². The Morgan fingerprint density at radius 2 is 1.92 bits per heavy atom. The number of nitrogens with zero attached hydrogens (tertiary/aromatic N) is 2. The molecule has 2 N–H and O–H groups in total. The van der Waals surface area contributed by atoms with Gasteiger partial charge in [-0.15, -0.1) is 0 Å². The van der Waals surface area contributed by atoms with Gasteiger partial charge in [0.25, 0.3) is 0 Å². The lowest BCUT2D eigenvalue weighted by molar-refractivity contribution is 0.105. The molecule has 2 rings (SSSR count). The zero-order valence-corrected chi connectivity index (χ0v) is 8.29. The summed E-state index contributed by atoms with van der Waals surface area (Å²) in [7, 11) is 0. The Balaban J connectivity index is 0.000000336. The van der Waals surface area contributed by atoms with E-state index < -0.39 is 0 Å². The highest BCUT2D eigenvalue weighted by molar-refractivity contribution is 4.84. The summed E-state index contributed by atoms with van der Waals surface area (Å²) in [5.74, 6) is 5.70. The highest BCUT2D eigenvalue weighted by Gasteiger charge is 2.28. The molecule has 2 aliphatic rings. The van der Waals surface area contributed by atoms with Crippen molar-refractivity contribution in [2.45, 2.75) is 32.7 Å². The van der Waals surface area contributed by atoms with Crippen molar-refractivity contribution >= 4 is 0 Å². The molecule has 1 unspecified atom stereocenters. The van der Waals surface area contributed by atoms with Crippen LogP contribution in [0, 0.1) is 0 Å². The van der Waals surface area contributed by atoms with Crippen molar-refractivity contribution in [3.8, 4) is 0 Å². The maximum absolute atomic E-state index is 5.70. The third-order valence-corrected chi connectivity index (χ3v) is 2.62. The molecule has 2 fully saturated rings. The van der Waals surface area contributed by atoms with Crippen LogP contribution in [0.3, 0.4) is 0 Å². The summed E-state index contributed by atoms with van der Waals surface area (Å²) in [5, 5.41) is 1.95. The van der Waals surface area contributed by atoms with Gasteiger partial charge in [-0.1, -0.05) is 13.8 Å². The number of nitrogens with two attached hydrogens (primary N) is 1.